The summed E-state index contributed by atoms with van der Waals surface area (Å²) in [4.78, 5) is 10.7. The maximum atomic E-state index is 4.55. The van der Waals surface area contributed by atoms with Crippen molar-refractivity contribution in [3.8, 4) is 0 Å². The van der Waals surface area contributed by atoms with Gasteiger partial charge in [-0.25, -0.2) is 4.98 Å². The van der Waals surface area contributed by atoms with Crippen LogP contribution in [0.4, 0.5) is 5.13 Å². The van der Waals surface area contributed by atoms with Gasteiger partial charge in [0.15, 0.2) is 5.13 Å². The highest BCUT2D eigenvalue weighted by molar-refractivity contribution is 7.15. The maximum absolute atomic E-state index is 4.55. The van der Waals surface area contributed by atoms with Crippen molar-refractivity contribution in [3.63, 3.8) is 0 Å². The van der Waals surface area contributed by atoms with Crippen LogP contribution >= 0.6 is 11.3 Å². The third kappa shape index (κ3) is 3.66. The molecule has 96 valence electrons. The summed E-state index contributed by atoms with van der Waals surface area (Å²) >= 11 is 1.82. The van der Waals surface area contributed by atoms with Gasteiger partial charge in [0.25, 0.3) is 0 Å². The molecule has 17 heavy (non-hydrogen) atoms. The summed E-state index contributed by atoms with van der Waals surface area (Å²) in [6.07, 6.45) is 3.25. The molecule has 0 atom stereocenters. The molecule has 1 aliphatic heterocycles. The van der Waals surface area contributed by atoms with Crippen molar-refractivity contribution in [2.45, 2.75) is 19.9 Å². The second-order valence-electron chi connectivity index (χ2n) is 4.53. The predicted molar refractivity (Wildman–Crippen MR) is 73.8 cm³/mol. The zero-order valence-electron chi connectivity index (χ0n) is 10.8. The van der Waals surface area contributed by atoms with Crippen LogP contribution in [0.15, 0.2) is 6.20 Å². The lowest BCUT2D eigenvalue weighted by atomic mass is 10.4. The number of likely N-dealkylation sites (N-methyl/N-ethyl adjacent to an activating group) is 1. The summed E-state index contributed by atoms with van der Waals surface area (Å²) in [5.41, 5.74) is 0. The number of anilines is 1. The molecule has 0 radical (unpaired) electrons. The number of hydrogen-bond acceptors (Lipinski definition) is 5. The SMILES string of the molecule is CCNCc1cnc(N2CCCN(C)CC2)s1. The van der Waals surface area contributed by atoms with E-state index in [1.54, 1.807) is 0 Å². The number of nitrogens with zero attached hydrogens (tertiary/aromatic N) is 3. The molecule has 1 saturated heterocycles. The Labute approximate surface area is 108 Å². The van der Waals surface area contributed by atoms with Gasteiger partial charge in [-0.2, -0.15) is 0 Å². The van der Waals surface area contributed by atoms with Gasteiger partial charge in [-0.1, -0.05) is 6.92 Å². The van der Waals surface area contributed by atoms with Crippen molar-refractivity contribution in [2.24, 2.45) is 0 Å². The molecular weight excluding hydrogens is 232 g/mol. The summed E-state index contributed by atoms with van der Waals surface area (Å²) in [6.45, 7) is 8.67. The molecule has 1 N–H and O–H groups in total. The van der Waals surface area contributed by atoms with Gasteiger partial charge in [0, 0.05) is 37.3 Å². The lowest BCUT2D eigenvalue weighted by Gasteiger charge is -2.19. The van der Waals surface area contributed by atoms with Gasteiger partial charge in [0.2, 0.25) is 0 Å². The topological polar surface area (TPSA) is 31.4 Å². The van der Waals surface area contributed by atoms with E-state index in [0.29, 0.717) is 0 Å². The van der Waals surface area contributed by atoms with Crippen LogP contribution in [0.1, 0.15) is 18.2 Å². The number of nitrogens with one attached hydrogen (secondary N) is 1. The summed E-state index contributed by atoms with van der Waals surface area (Å²) < 4.78 is 0. The first kappa shape index (κ1) is 12.8. The minimum atomic E-state index is 0.946. The Morgan fingerprint density at radius 3 is 3.06 bits per heavy atom. The van der Waals surface area contributed by atoms with Gasteiger partial charge in [-0.3, -0.25) is 0 Å². The van der Waals surface area contributed by atoms with Crippen molar-refractivity contribution in [1.82, 2.24) is 15.2 Å². The Balaban J connectivity index is 1.94. The fourth-order valence-electron chi connectivity index (χ4n) is 2.01. The normalized spacial score (nSPS) is 18.4. The highest BCUT2D eigenvalue weighted by Crippen LogP contribution is 2.23. The molecule has 0 aromatic carbocycles. The minimum Gasteiger partial charge on any atom is -0.347 e. The van der Waals surface area contributed by atoms with Gasteiger partial charge in [0.05, 0.1) is 0 Å². The largest absolute Gasteiger partial charge is 0.347 e. The first-order valence-electron chi connectivity index (χ1n) is 6.38. The number of hydrogen-bond donors (Lipinski definition) is 1. The van der Waals surface area contributed by atoms with E-state index in [9.17, 15) is 0 Å². The standard InChI is InChI=1S/C12H22N4S/c1-3-13-9-11-10-14-12(17-11)16-6-4-5-15(2)7-8-16/h10,13H,3-9H2,1-2H3. The molecule has 0 spiro atoms. The molecule has 0 unspecified atom stereocenters. The van der Waals surface area contributed by atoms with Crippen LogP contribution in [0.2, 0.25) is 0 Å². The zero-order valence-corrected chi connectivity index (χ0v) is 11.6. The van der Waals surface area contributed by atoms with Gasteiger partial charge in [-0.05, 0) is 26.6 Å². The number of thiazole rings is 1. The van der Waals surface area contributed by atoms with Crippen LogP contribution < -0.4 is 10.2 Å². The quantitative estimate of drug-likeness (QED) is 0.880. The molecule has 0 bridgehead atoms. The molecule has 1 fully saturated rings. The van der Waals surface area contributed by atoms with Crippen LogP contribution in [0.3, 0.4) is 0 Å². The molecule has 1 aliphatic rings. The smallest absolute Gasteiger partial charge is 0.185 e. The third-order valence-electron chi connectivity index (χ3n) is 3.08. The van der Waals surface area contributed by atoms with Crippen molar-refractivity contribution >= 4 is 16.5 Å². The molecule has 0 aliphatic carbocycles. The highest BCUT2D eigenvalue weighted by atomic mass is 32.1. The monoisotopic (exact) mass is 254 g/mol. The van der Waals surface area contributed by atoms with Gasteiger partial charge in [0.1, 0.15) is 0 Å². The molecule has 0 amide bonds. The van der Waals surface area contributed by atoms with Crippen LogP contribution in [0, 0.1) is 0 Å². The highest BCUT2D eigenvalue weighted by Gasteiger charge is 2.15. The zero-order chi connectivity index (χ0) is 12.1. The Morgan fingerprint density at radius 1 is 1.35 bits per heavy atom. The average Bonchev–Trinajstić information content (AvgIpc) is 2.69. The Hall–Kier alpha value is -0.650. The van der Waals surface area contributed by atoms with Gasteiger partial charge >= 0.3 is 0 Å². The molecule has 5 heteroatoms. The van der Waals surface area contributed by atoms with Crippen LogP contribution in [-0.4, -0.2) is 49.7 Å². The fraction of sp³-hybridized carbons (Fsp3) is 0.750. The Bertz CT molecular complexity index is 339. The Morgan fingerprint density at radius 2 is 2.24 bits per heavy atom. The van der Waals surface area contributed by atoms with Crippen molar-refractivity contribution in [1.29, 1.82) is 0 Å². The Kier molecular flexibility index (Phi) is 4.76. The molecule has 0 saturated carbocycles. The minimum absolute atomic E-state index is 0.946. The van der Waals surface area contributed by atoms with E-state index in [0.717, 1.165) is 32.7 Å². The molecule has 4 nitrogen and oxygen atoms in total. The van der Waals surface area contributed by atoms with E-state index in [-0.39, 0.29) is 0 Å². The fourth-order valence-corrected chi connectivity index (χ4v) is 2.94. The van der Waals surface area contributed by atoms with Crippen LogP contribution in [-0.2, 0) is 6.54 Å². The lowest BCUT2D eigenvalue weighted by Crippen LogP contribution is -2.28. The molecule has 2 heterocycles. The van der Waals surface area contributed by atoms with Gasteiger partial charge < -0.3 is 15.1 Å². The second-order valence-corrected chi connectivity index (χ2v) is 5.63. The van der Waals surface area contributed by atoms with Crippen molar-refractivity contribution in [3.05, 3.63) is 11.1 Å². The lowest BCUT2D eigenvalue weighted by molar-refractivity contribution is 0.360. The van der Waals surface area contributed by atoms with E-state index in [1.807, 2.05) is 17.5 Å². The summed E-state index contributed by atoms with van der Waals surface area (Å²) in [7, 11) is 2.20. The van der Waals surface area contributed by atoms with E-state index in [1.165, 1.54) is 23.0 Å². The second kappa shape index (κ2) is 6.33. The molecule has 1 aromatic rings. The molecule has 1 aromatic heterocycles. The van der Waals surface area contributed by atoms with Crippen molar-refractivity contribution < 1.29 is 0 Å². The number of rotatable bonds is 4. The molecule has 2 rings (SSSR count). The van der Waals surface area contributed by atoms with Crippen molar-refractivity contribution in [2.75, 3.05) is 44.7 Å². The first-order chi connectivity index (χ1) is 8.29. The van der Waals surface area contributed by atoms with E-state index in [2.05, 4.69) is 34.1 Å². The summed E-state index contributed by atoms with van der Waals surface area (Å²) in [5.74, 6) is 0. The number of aromatic nitrogens is 1. The third-order valence-corrected chi connectivity index (χ3v) is 4.14. The van der Waals surface area contributed by atoms with E-state index in [4.69, 9.17) is 0 Å². The maximum Gasteiger partial charge on any atom is 0.185 e. The summed E-state index contributed by atoms with van der Waals surface area (Å²) in [6, 6.07) is 0. The van der Waals surface area contributed by atoms with E-state index >= 15 is 0 Å². The summed E-state index contributed by atoms with van der Waals surface area (Å²) in [5, 5.41) is 4.53. The van der Waals surface area contributed by atoms with Crippen LogP contribution in [0.5, 0.6) is 0 Å². The van der Waals surface area contributed by atoms with Gasteiger partial charge in [-0.15, -0.1) is 11.3 Å². The predicted octanol–water partition coefficient (Wildman–Crippen LogP) is 1.39. The molecular formula is C12H22N4S. The van der Waals surface area contributed by atoms with Crippen LogP contribution in [0.25, 0.3) is 0 Å². The average molecular weight is 254 g/mol. The van der Waals surface area contributed by atoms with E-state index < -0.39 is 0 Å². The first-order valence-corrected chi connectivity index (χ1v) is 7.20.